The Morgan fingerprint density at radius 1 is 0.727 bits per heavy atom. The number of aliphatic imine (C=N–C) groups is 2. The molecule has 5 nitrogen and oxygen atoms in total. The number of pyridine rings is 1. The number of rotatable bonds is 8. The van der Waals surface area contributed by atoms with Crippen LogP contribution < -0.4 is 0 Å². The second-order valence-corrected chi connectivity index (χ2v) is 9.01. The maximum absolute atomic E-state index is 6.20. The summed E-state index contributed by atoms with van der Waals surface area (Å²) >= 11 is 0. The molecule has 5 rings (SSSR count). The minimum absolute atomic E-state index is 0.0903. The number of hydrogen-bond acceptors (Lipinski definition) is 5. The molecule has 0 saturated heterocycles. The van der Waals surface area contributed by atoms with E-state index in [0.29, 0.717) is 31.4 Å². The van der Waals surface area contributed by atoms with Crippen LogP contribution in [0.5, 0.6) is 0 Å². The number of benzene rings is 2. The molecule has 2 aliphatic rings. The topological polar surface area (TPSA) is 56.1 Å². The number of hydrogen-bond donors (Lipinski definition) is 0. The lowest BCUT2D eigenvalue weighted by molar-refractivity contribution is 0.256. The first-order valence-corrected chi connectivity index (χ1v) is 11.6. The predicted octanol–water partition coefficient (Wildman–Crippen LogP) is 4.71. The van der Waals surface area contributed by atoms with Crippen LogP contribution in [0.1, 0.15) is 23.7 Å². The molecule has 0 amide bonds. The van der Waals surface area contributed by atoms with Crippen LogP contribution in [-0.4, -0.2) is 42.1 Å². The van der Waals surface area contributed by atoms with Crippen molar-refractivity contribution in [2.45, 2.75) is 38.3 Å². The van der Waals surface area contributed by atoms with Crippen molar-refractivity contribution < 1.29 is 9.47 Å². The molecule has 33 heavy (non-hydrogen) atoms. The van der Waals surface area contributed by atoms with Gasteiger partial charge in [0, 0.05) is 18.3 Å². The molecule has 2 aliphatic heterocycles. The van der Waals surface area contributed by atoms with Gasteiger partial charge in [-0.1, -0.05) is 66.7 Å². The van der Waals surface area contributed by atoms with Gasteiger partial charge in [0.2, 0.25) is 0 Å². The molecule has 0 saturated carbocycles. The van der Waals surface area contributed by atoms with E-state index in [4.69, 9.17) is 19.5 Å². The van der Waals surface area contributed by atoms with Crippen molar-refractivity contribution >= 4 is 11.8 Å². The Bertz CT molecular complexity index is 1050. The van der Waals surface area contributed by atoms with Gasteiger partial charge in [-0.25, -0.2) is 9.98 Å². The van der Waals surface area contributed by atoms with Gasteiger partial charge in [0.25, 0.3) is 0 Å². The van der Waals surface area contributed by atoms with Crippen LogP contribution in [0.4, 0.5) is 0 Å². The fraction of sp³-hybridized carbons (Fsp3) is 0.321. The number of nitrogens with zero attached hydrogens (tertiary/aromatic N) is 3. The summed E-state index contributed by atoms with van der Waals surface area (Å²) in [5.41, 5.74) is 2.90. The van der Waals surface area contributed by atoms with Crippen LogP contribution in [-0.2, 0) is 28.7 Å². The highest BCUT2D eigenvalue weighted by Crippen LogP contribution is 2.33. The molecular formula is C28H29N3O2. The monoisotopic (exact) mass is 439 g/mol. The van der Waals surface area contributed by atoms with E-state index < -0.39 is 5.41 Å². The van der Waals surface area contributed by atoms with Gasteiger partial charge in [0.1, 0.15) is 18.6 Å². The van der Waals surface area contributed by atoms with Crippen molar-refractivity contribution in [1.29, 1.82) is 0 Å². The second-order valence-electron chi connectivity index (χ2n) is 9.01. The smallest absolute Gasteiger partial charge is 0.199 e. The minimum Gasteiger partial charge on any atom is -0.478 e. The molecule has 2 aromatic carbocycles. The van der Waals surface area contributed by atoms with Gasteiger partial charge in [0.15, 0.2) is 11.8 Å². The molecule has 3 aromatic rings. The van der Waals surface area contributed by atoms with E-state index in [0.717, 1.165) is 18.5 Å². The highest BCUT2D eigenvalue weighted by molar-refractivity contribution is 6.06. The van der Waals surface area contributed by atoms with Gasteiger partial charge < -0.3 is 9.47 Å². The SMILES string of the molecule is CC(Cc1ccccn1)(C1=N[C@@H](Cc2ccccc2)CO1)C1=N[C@@H](Cc2ccccc2)CO1. The summed E-state index contributed by atoms with van der Waals surface area (Å²) in [6, 6.07) is 27.0. The Balaban J connectivity index is 1.40. The zero-order valence-electron chi connectivity index (χ0n) is 18.9. The van der Waals surface area contributed by atoms with Crippen molar-refractivity contribution in [3.63, 3.8) is 0 Å². The molecule has 0 bridgehead atoms. The molecule has 2 atom stereocenters. The van der Waals surface area contributed by atoms with Crippen LogP contribution in [0, 0.1) is 5.41 Å². The third-order valence-corrected chi connectivity index (χ3v) is 6.26. The maximum Gasteiger partial charge on any atom is 0.199 e. The first-order valence-electron chi connectivity index (χ1n) is 11.6. The van der Waals surface area contributed by atoms with E-state index in [1.165, 1.54) is 11.1 Å². The molecule has 3 heterocycles. The molecule has 0 unspecified atom stereocenters. The van der Waals surface area contributed by atoms with Gasteiger partial charge >= 0.3 is 0 Å². The number of aromatic nitrogens is 1. The number of ether oxygens (including phenoxy) is 2. The van der Waals surface area contributed by atoms with Crippen molar-refractivity contribution in [1.82, 2.24) is 4.98 Å². The first-order chi connectivity index (χ1) is 16.2. The van der Waals surface area contributed by atoms with Crippen LogP contribution in [0.15, 0.2) is 95.0 Å². The molecule has 5 heteroatoms. The quantitative estimate of drug-likeness (QED) is 0.511. The van der Waals surface area contributed by atoms with E-state index in [1.807, 2.05) is 36.5 Å². The fourth-order valence-corrected chi connectivity index (χ4v) is 4.52. The molecule has 0 N–H and O–H groups in total. The lowest BCUT2D eigenvalue weighted by Gasteiger charge is -2.27. The Morgan fingerprint density at radius 3 is 1.73 bits per heavy atom. The average molecular weight is 440 g/mol. The first kappa shape index (κ1) is 21.4. The normalized spacial score (nSPS) is 20.0. The third kappa shape index (κ3) is 4.98. The van der Waals surface area contributed by atoms with Gasteiger partial charge in [-0.05, 0) is 43.0 Å². The Hall–Kier alpha value is -3.47. The van der Waals surface area contributed by atoms with E-state index in [9.17, 15) is 0 Å². The summed E-state index contributed by atoms with van der Waals surface area (Å²) in [6.45, 7) is 3.26. The Kier molecular flexibility index (Phi) is 6.20. The van der Waals surface area contributed by atoms with E-state index in [2.05, 4.69) is 60.4 Å². The minimum atomic E-state index is -0.592. The lowest BCUT2D eigenvalue weighted by Crippen LogP contribution is -2.39. The second kappa shape index (κ2) is 9.57. The average Bonchev–Trinajstić information content (AvgIpc) is 3.52. The highest BCUT2D eigenvalue weighted by Gasteiger charge is 2.45. The summed E-state index contributed by atoms with van der Waals surface area (Å²) in [7, 11) is 0. The molecule has 0 spiro atoms. The van der Waals surface area contributed by atoms with Crippen LogP contribution in [0.25, 0.3) is 0 Å². The third-order valence-electron chi connectivity index (χ3n) is 6.26. The summed E-state index contributed by atoms with van der Waals surface area (Å²) in [5, 5.41) is 0. The summed E-state index contributed by atoms with van der Waals surface area (Å²) in [5.74, 6) is 1.40. The van der Waals surface area contributed by atoms with Crippen molar-refractivity contribution in [2.75, 3.05) is 13.2 Å². The molecular weight excluding hydrogens is 410 g/mol. The van der Waals surface area contributed by atoms with Crippen LogP contribution in [0.3, 0.4) is 0 Å². The van der Waals surface area contributed by atoms with Crippen LogP contribution >= 0.6 is 0 Å². The Morgan fingerprint density at radius 2 is 1.24 bits per heavy atom. The molecule has 1 aromatic heterocycles. The van der Waals surface area contributed by atoms with Crippen molar-refractivity contribution in [3.8, 4) is 0 Å². The van der Waals surface area contributed by atoms with Gasteiger partial charge in [-0.15, -0.1) is 0 Å². The highest BCUT2D eigenvalue weighted by atomic mass is 16.5. The van der Waals surface area contributed by atoms with E-state index in [-0.39, 0.29) is 12.1 Å². The van der Waals surface area contributed by atoms with Crippen molar-refractivity contribution in [2.24, 2.45) is 15.4 Å². The van der Waals surface area contributed by atoms with E-state index >= 15 is 0 Å². The zero-order valence-corrected chi connectivity index (χ0v) is 18.9. The maximum atomic E-state index is 6.20. The Labute approximate surface area is 195 Å². The summed E-state index contributed by atoms with van der Waals surface area (Å²) in [4.78, 5) is 14.6. The van der Waals surface area contributed by atoms with Crippen molar-refractivity contribution in [3.05, 3.63) is 102 Å². The zero-order chi connectivity index (χ0) is 22.5. The molecule has 0 radical (unpaired) electrons. The van der Waals surface area contributed by atoms with Gasteiger partial charge in [0.05, 0.1) is 12.1 Å². The molecule has 168 valence electrons. The van der Waals surface area contributed by atoms with Crippen LogP contribution in [0.2, 0.25) is 0 Å². The van der Waals surface area contributed by atoms with Gasteiger partial charge in [-0.3, -0.25) is 4.98 Å². The van der Waals surface area contributed by atoms with E-state index in [1.54, 1.807) is 0 Å². The predicted molar refractivity (Wildman–Crippen MR) is 131 cm³/mol. The molecule has 0 fully saturated rings. The fourth-order valence-electron chi connectivity index (χ4n) is 4.52. The molecule has 0 aliphatic carbocycles. The van der Waals surface area contributed by atoms with Gasteiger partial charge in [-0.2, -0.15) is 0 Å². The standard InChI is InChI=1S/C28H29N3O2/c1-28(18-23-14-8-9-15-29-23,26-30-24(19-32-26)16-21-10-4-2-5-11-21)27-31-25(20-33-27)17-22-12-6-3-7-13-22/h2-15,24-25H,16-20H2,1H3/t24-,25-/m0/s1. The largest absolute Gasteiger partial charge is 0.478 e. The summed E-state index contributed by atoms with van der Waals surface area (Å²) in [6.07, 6.45) is 4.16. The lowest BCUT2D eigenvalue weighted by atomic mass is 9.84. The summed E-state index contributed by atoms with van der Waals surface area (Å²) < 4.78 is 12.4.